The average molecular weight is 167 g/mol. The Morgan fingerprint density at radius 3 is 1.00 bits per heavy atom. The maximum atomic E-state index is 4.91. The van der Waals surface area contributed by atoms with Gasteiger partial charge in [-0.1, -0.05) is 0 Å². The minimum absolute atomic E-state index is 0. The molecular weight excluding hydrogens is 163 g/mol. The second-order valence-corrected chi connectivity index (χ2v) is 5.79. The Hall–Kier alpha value is 1.30. The second kappa shape index (κ2) is 5.30. The van der Waals surface area contributed by atoms with Crippen LogP contribution in [0.5, 0.6) is 0 Å². The molecule has 0 heterocycles. The van der Waals surface area contributed by atoms with Crippen molar-refractivity contribution in [2.75, 3.05) is 0 Å². The zero-order chi connectivity index (χ0) is 3.58. The lowest BCUT2D eigenvalue weighted by molar-refractivity contribution is 4.07. The number of halogens is 3. The van der Waals surface area contributed by atoms with E-state index in [9.17, 15) is 0 Å². The predicted molar refractivity (Wildman–Crippen MR) is 34.6 cm³/mol. The molecule has 0 unspecified atom stereocenters. The summed E-state index contributed by atoms with van der Waals surface area (Å²) >= 11 is 14.7. The van der Waals surface area contributed by atoms with Crippen LogP contribution in [0.3, 0.4) is 0 Å². The van der Waals surface area contributed by atoms with Crippen LogP contribution in [0.4, 0.5) is 0 Å². The van der Waals surface area contributed by atoms with Crippen LogP contribution in [0.25, 0.3) is 0 Å². The van der Waals surface area contributed by atoms with E-state index in [1.54, 1.807) is 0 Å². The third-order valence-electron chi connectivity index (χ3n) is 0. The molecule has 0 rings (SSSR count). The summed E-state index contributed by atoms with van der Waals surface area (Å²) in [5.41, 5.74) is 0. The molecule has 0 N–H and O–H groups in total. The Bertz CT molecular complexity index is 9.61. The van der Waals surface area contributed by atoms with E-state index < -0.39 is 6.73 Å². The largest absolute Gasteiger partial charge is 0.376 e. The fourth-order valence-electron chi connectivity index (χ4n) is 0. The minimum Gasteiger partial charge on any atom is -0.125 e. The van der Waals surface area contributed by atoms with Crippen LogP contribution in [0.2, 0.25) is 0 Å². The Balaban J connectivity index is 0. The summed E-state index contributed by atoms with van der Waals surface area (Å²) in [6.07, 6.45) is 0. The molecule has 0 spiro atoms. The Morgan fingerprint density at radius 1 is 1.00 bits per heavy atom. The van der Waals surface area contributed by atoms with Gasteiger partial charge < -0.3 is 0 Å². The van der Waals surface area contributed by atoms with Crippen molar-refractivity contribution < 1.29 is 0 Å². The molecule has 0 aromatic heterocycles. The minimum atomic E-state index is -1.46. The van der Waals surface area contributed by atoms with Gasteiger partial charge in [-0.25, -0.2) is 0 Å². The van der Waals surface area contributed by atoms with E-state index in [0.717, 1.165) is 0 Å². The molecule has 0 aliphatic carbocycles. The standard InChI is InChI=1S/Cl3Si.H4Si/c1-4(2)3;/h;1H4. The van der Waals surface area contributed by atoms with Gasteiger partial charge in [0, 0.05) is 0 Å². The summed E-state index contributed by atoms with van der Waals surface area (Å²) < 4.78 is 0. The fraction of sp³-hybridized carbons (Fsp3) is 0. The van der Waals surface area contributed by atoms with Crippen LogP contribution in [0.15, 0.2) is 0 Å². The summed E-state index contributed by atoms with van der Waals surface area (Å²) in [7, 11) is 0. The monoisotopic (exact) mass is 165 g/mol. The van der Waals surface area contributed by atoms with Crippen molar-refractivity contribution >= 4 is 50.9 Å². The Morgan fingerprint density at radius 2 is 1.00 bits per heavy atom. The molecule has 5 heavy (non-hydrogen) atoms. The molecule has 0 amide bonds. The van der Waals surface area contributed by atoms with Gasteiger partial charge >= 0.3 is 6.73 Å². The quantitative estimate of drug-likeness (QED) is 0.357. The van der Waals surface area contributed by atoms with Gasteiger partial charge in [0.25, 0.3) is 0 Å². The zero-order valence-corrected chi connectivity index (χ0v) is 4.90. The van der Waals surface area contributed by atoms with Crippen molar-refractivity contribution in [1.82, 2.24) is 0 Å². The van der Waals surface area contributed by atoms with Crippen LogP contribution in [0, 0.1) is 0 Å². The van der Waals surface area contributed by atoms with Crippen molar-refractivity contribution in [3.63, 3.8) is 0 Å². The van der Waals surface area contributed by atoms with Gasteiger partial charge in [-0.05, 0) is 11.0 Å². The lowest BCUT2D eigenvalue weighted by Gasteiger charge is -1.62. The lowest BCUT2D eigenvalue weighted by Crippen LogP contribution is -1.66. The molecule has 5 heteroatoms. The van der Waals surface area contributed by atoms with E-state index >= 15 is 0 Å². The maximum Gasteiger partial charge on any atom is 0.376 e. The average Bonchev–Trinajstić information content (AvgIpc) is 0.811. The molecule has 0 bridgehead atoms. The SMILES string of the molecule is Cl[Si](Cl)Cl.[SiH4]. The van der Waals surface area contributed by atoms with Gasteiger partial charge in [-0.2, -0.15) is 0 Å². The Kier molecular flexibility index (Phi) is 10.2. The molecule has 0 aromatic carbocycles. The van der Waals surface area contributed by atoms with Crippen molar-refractivity contribution in [2.45, 2.75) is 0 Å². The highest BCUT2D eigenvalue weighted by Gasteiger charge is 1.88. The molecule has 0 fully saturated rings. The zero-order valence-electron chi connectivity index (χ0n) is 1.63. The smallest absolute Gasteiger partial charge is 0.125 e. The summed E-state index contributed by atoms with van der Waals surface area (Å²) in [6, 6.07) is 0. The van der Waals surface area contributed by atoms with Gasteiger partial charge in [0.2, 0.25) is 0 Å². The third-order valence-corrected chi connectivity index (χ3v) is 0. The molecule has 0 saturated heterocycles. The van der Waals surface area contributed by atoms with Crippen molar-refractivity contribution in [3.8, 4) is 0 Å². The molecule has 0 aliphatic rings. The molecule has 33 valence electrons. The molecule has 0 nitrogen and oxygen atoms in total. The van der Waals surface area contributed by atoms with E-state index in [0.29, 0.717) is 0 Å². The lowest BCUT2D eigenvalue weighted by atomic mass is 27.7. The normalized spacial score (nSPS) is 7.20. The summed E-state index contributed by atoms with van der Waals surface area (Å²) in [5, 5.41) is 0. The number of hydrogen-bond donors (Lipinski definition) is 0. The van der Waals surface area contributed by atoms with Gasteiger partial charge in [0.1, 0.15) is 0 Å². The highest BCUT2D eigenvalue weighted by atomic mass is 35.8. The molecule has 1 radical (unpaired) electrons. The Labute approximate surface area is 51.2 Å². The number of hydrogen-bond acceptors (Lipinski definition) is 0. The predicted octanol–water partition coefficient (Wildman–Crippen LogP) is 0.236. The number of rotatable bonds is 0. The molecular formula is H4Cl3Si2. The van der Waals surface area contributed by atoms with Crippen molar-refractivity contribution in [1.29, 1.82) is 0 Å². The second-order valence-electron chi connectivity index (χ2n) is 0.214. The topological polar surface area (TPSA) is 0 Å². The molecule has 0 aliphatic heterocycles. The van der Waals surface area contributed by atoms with Crippen LogP contribution >= 0.6 is 33.2 Å². The third kappa shape index (κ3) is 34.1. The van der Waals surface area contributed by atoms with E-state index in [2.05, 4.69) is 0 Å². The first kappa shape index (κ1) is 9.57. The van der Waals surface area contributed by atoms with Crippen LogP contribution in [0.1, 0.15) is 0 Å². The summed E-state index contributed by atoms with van der Waals surface area (Å²) in [4.78, 5) is 0. The first-order chi connectivity index (χ1) is 1.73. The van der Waals surface area contributed by atoms with Gasteiger partial charge in [-0.3, -0.25) is 0 Å². The summed E-state index contributed by atoms with van der Waals surface area (Å²) in [6.45, 7) is -1.46. The first-order valence-corrected chi connectivity index (χ1v) is 5.10. The fourth-order valence-corrected chi connectivity index (χ4v) is 0. The van der Waals surface area contributed by atoms with Crippen LogP contribution < -0.4 is 0 Å². The van der Waals surface area contributed by atoms with Gasteiger partial charge in [-0.15, -0.1) is 33.2 Å². The van der Waals surface area contributed by atoms with E-state index in [1.807, 2.05) is 0 Å². The van der Waals surface area contributed by atoms with Crippen LogP contribution in [-0.2, 0) is 0 Å². The van der Waals surface area contributed by atoms with Gasteiger partial charge in [0.05, 0.1) is 0 Å². The summed E-state index contributed by atoms with van der Waals surface area (Å²) in [5.74, 6) is 0. The van der Waals surface area contributed by atoms with Crippen molar-refractivity contribution in [3.05, 3.63) is 0 Å². The van der Waals surface area contributed by atoms with E-state index in [1.165, 1.54) is 0 Å². The molecule has 0 atom stereocenters. The van der Waals surface area contributed by atoms with Crippen LogP contribution in [-0.4, -0.2) is 17.7 Å². The van der Waals surface area contributed by atoms with Gasteiger partial charge in [0.15, 0.2) is 0 Å². The maximum absolute atomic E-state index is 4.91. The van der Waals surface area contributed by atoms with Crippen molar-refractivity contribution in [2.24, 2.45) is 0 Å². The first-order valence-electron chi connectivity index (χ1n) is 0.567. The van der Waals surface area contributed by atoms with E-state index in [4.69, 9.17) is 33.2 Å². The highest BCUT2D eigenvalue weighted by molar-refractivity contribution is 7.54. The van der Waals surface area contributed by atoms with E-state index in [-0.39, 0.29) is 11.0 Å². The molecule has 0 saturated carbocycles. The highest BCUT2D eigenvalue weighted by Crippen LogP contribution is 1.97. The molecule has 0 aromatic rings.